The van der Waals surface area contributed by atoms with Crippen molar-refractivity contribution in [3.8, 4) is 0 Å². The maximum absolute atomic E-state index is 11.8. The molecule has 0 bridgehead atoms. The van der Waals surface area contributed by atoms with Gasteiger partial charge in [-0.1, -0.05) is 6.92 Å². The molecule has 1 saturated heterocycles. The highest BCUT2D eigenvalue weighted by Gasteiger charge is 2.15. The Kier molecular flexibility index (Phi) is 5.29. The summed E-state index contributed by atoms with van der Waals surface area (Å²) >= 11 is 0. The van der Waals surface area contributed by atoms with Crippen molar-refractivity contribution in [1.29, 1.82) is 0 Å². The van der Waals surface area contributed by atoms with Gasteiger partial charge in [-0.2, -0.15) is 0 Å². The molecular formula is C14H22N4O2. The third kappa shape index (κ3) is 4.16. The first kappa shape index (κ1) is 14.7. The second kappa shape index (κ2) is 7.19. The number of amides is 1. The topological polar surface area (TPSA) is 76.1 Å². The molecule has 2 atom stereocenters. The number of nitrogens with zero attached hydrogens (tertiary/aromatic N) is 2. The van der Waals surface area contributed by atoms with Crippen molar-refractivity contribution in [3.05, 3.63) is 18.1 Å². The zero-order valence-electron chi connectivity index (χ0n) is 12.1. The molecule has 1 aliphatic rings. The number of hydrogen-bond donors (Lipinski definition) is 2. The smallest absolute Gasteiger partial charge is 0.271 e. The lowest BCUT2D eigenvalue weighted by molar-refractivity contribution is 0.0933. The predicted octanol–water partition coefficient (Wildman–Crippen LogP) is 1.60. The van der Waals surface area contributed by atoms with Gasteiger partial charge in [0.2, 0.25) is 0 Å². The molecule has 6 nitrogen and oxygen atoms in total. The highest BCUT2D eigenvalue weighted by Crippen LogP contribution is 2.12. The molecule has 1 aromatic heterocycles. The summed E-state index contributed by atoms with van der Waals surface area (Å²) in [5.41, 5.74) is 0.341. The van der Waals surface area contributed by atoms with Crippen LogP contribution in [0.25, 0.3) is 0 Å². The van der Waals surface area contributed by atoms with Gasteiger partial charge in [0, 0.05) is 19.2 Å². The molecule has 1 amide bonds. The fourth-order valence-electron chi connectivity index (χ4n) is 1.96. The summed E-state index contributed by atoms with van der Waals surface area (Å²) < 4.78 is 5.52. The number of rotatable bonds is 6. The fraction of sp³-hybridized carbons (Fsp3) is 0.643. The Morgan fingerprint density at radius 2 is 2.35 bits per heavy atom. The van der Waals surface area contributed by atoms with Gasteiger partial charge < -0.3 is 15.4 Å². The van der Waals surface area contributed by atoms with Gasteiger partial charge in [-0.05, 0) is 26.2 Å². The summed E-state index contributed by atoms with van der Waals surface area (Å²) in [5.74, 6) is 0.484. The van der Waals surface area contributed by atoms with E-state index < -0.39 is 0 Å². The molecular weight excluding hydrogens is 256 g/mol. The van der Waals surface area contributed by atoms with Crippen LogP contribution < -0.4 is 10.6 Å². The normalized spacial score (nSPS) is 19.6. The standard InChI is InChI=1S/C14H22N4O2/c1-3-10(2)18-14(19)12-8-17-13(9-15-12)16-7-11-5-4-6-20-11/h8-11H,3-7H2,1-2H3,(H,16,17)(H,18,19). The molecule has 0 saturated carbocycles. The maximum atomic E-state index is 11.8. The molecule has 1 aliphatic heterocycles. The van der Waals surface area contributed by atoms with Crippen molar-refractivity contribution < 1.29 is 9.53 Å². The quantitative estimate of drug-likeness (QED) is 0.826. The summed E-state index contributed by atoms with van der Waals surface area (Å²) in [5, 5.41) is 6.03. The largest absolute Gasteiger partial charge is 0.376 e. The molecule has 2 unspecified atom stereocenters. The van der Waals surface area contributed by atoms with Gasteiger partial charge in [0.15, 0.2) is 0 Å². The van der Waals surface area contributed by atoms with E-state index in [1.807, 2.05) is 13.8 Å². The number of nitrogens with one attached hydrogen (secondary N) is 2. The lowest BCUT2D eigenvalue weighted by atomic mass is 10.2. The number of ether oxygens (including phenoxy) is 1. The van der Waals surface area contributed by atoms with Crippen LogP contribution in [0.3, 0.4) is 0 Å². The Morgan fingerprint density at radius 1 is 1.50 bits per heavy atom. The minimum atomic E-state index is -0.183. The predicted molar refractivity (Wildman–Crippen MR) is 76.7 cm³/mol. The second-order valence-electron chi connectivity index (χ2n) is 5.09. The number of aromatic nitrogens is 2. The first-order chi connectivity index (χ1) is 9.69. The van der Waals surface area contributed by atoms with E-state index in [0.717, 1.165) is 32.4 Å². The van der Waals surface area contributed by atoms with Gasteiger partial charge in [0.1, 0.15) is 11.5 Å². The lowest BCUT2D eigenvalue weighted by Crippen LogP contribution is -2.32. The zero-order valence-corrected chi connectivity index (χ0v) is 12.1. The molecule has 2 rings (SSSR count). The van der Waals surface area contributed by atoms with E-state index in [1.165, 1.54) is 6.20 Å². The van der Waals surface area contributed by atoms with Gasteiger partial charge >= 0.3 is 0 Å². The Bertz CT molecular complexity index is 429. The number of anilines is 1. The maximum Gasteiger partial charge on any atom is 0.271 e. The Morgan fingerprint density at radius 3 is 2.95 bits per heavy atom. The van der Waals surface area contributed by atoms with Crippen molar-refractivity contribution in [2.75, 3.05) is 18.5 Å². The minimum Gasteiger partial charge on any atom is -0.376 e. The van der Waals surface area contributed by atoms with Crippen LogP contribution in [0.2, 0.25) is 0 Å². The van der Waals surface area contributed by atoms with Crippen molar-refractivity contribution >= 4 is 11.7 Å². The second-order valence-corrected chi connectivity index (χ2v) is 5.09. The van der Waals surface area contributed by atoms with Crippen molar-refractivity contribution in [2.24, 2.45) is 0 Å². The van der Waals surface area contributed by atoms with Crippen LogP contribution in [0.15, 0.2) is 12.4 Å². The van der Waals surface area contributed by atoms with E-state index in [0.29, 0.717) is 11.5 Å². The molecule has 2 heterocycles. The molecule has 0 aliphatic carbocycles. The molecule has 2 N–H and O–H groups in total. The van der Waals surface area contributed by atoms with Gasteiger partial charge in [-0.3, -0.25) is 4.79 Å². The van der Waals surface area contributed by atoms with Crippen molar-refractivity contribution in [3.63, 3.8) is 0 Å². The first-order valence-electron chi connectivity index (χ1n) is 7.17. The summed E-state index contributed by atoms with van der Waals surface area (Å²) in [4.78, 5) is 20.2. The van der Waals surface area contributed by atoms with Crippen LogP contribution in [0.4, 0.5) is 5.82 Å². The summed E-state index contributed by atoms with van der Waals surface area (Å²) in [7, 11) is 0. The number of carbonyl (C=O) groups is 1. The average Bonchev–Trinajstić information content (AvgIpc) is 2.98. The number of hydrogen-bond acceptors (Lipinski definition) is 5. The molecule has 0 spiro atoms. The van der Waals surface area contributed by atoms with E-state index in [-0.39, 0.29) is 18.1 Å². The molecule has 0 aromatic carbocycles. The van der Waals surface area contributed by atoms with E-state index in [9.17, 15) is 4.79 Å². The summed E-state index contributed by atoms with van der Waals surface area (Å²) in [6.07, 6.45) is 6.42. The summed E-state index contributed by atoms with van der Waals surface area (Å²) in [6.45, 7) is 5.55. The van der Waals surface area contributed by atoms with E-state index >= 15 is 0 Å². The van der Waals surface area contributed by atoms with Crippen LogP contribution in [-0.2, 0) is 4.74 Å². The zero-order chi connectivity index (χ0) is 14.4. The van der Waals surface area contributed by atoms with Gasteiger partial charge in [0.05, 0.1) is 18.5 Å². The monoisotopic (exact) mass is 278 g/mol. The lowest BCUT2D eigenvalue weighted by Gasteiger charge is -2.12. The fourth-order valence-corrected chi connectivity index (χ4v) is 1.96. The van der Waals surface area contributed by atoms with Gasteiger partial charge in [-0.15, -0.1) is 0 Å². The Hall–Kier alpha value is -1.69. The molecule has 20 heavy (non-hydrogen) atoms. The van der Waals surface area contributed by atoms with Crippen LogP contribution >= 0.6 is 0 Å². The van der Waals surface area contributed by atoms with Crippen molar-refractivity contribution in [1.82, 2.24) is 15.3 Å². The third-order valence-electron chi connectivity index (χ3n) is 3.41. The van der Waals surface area contributed by atoms with Gasteiger partial charge in [0.25, 0.3) is 5.91 Å². The highest BCUT2D eigenvalue weighted by atomic mass is 16.5. The van der Waals surface area contributed by atoms with Crippen molar-refractivity contribution in [2.45, 2.75) is 45.3 Å². The number of carbonyl (C=O) groups excluding carboxylic acids is 1. The van der Waals surface area contributed by atoms with E-state index in [2.05, 4.69) is 20.6 Å². The molecule has 110 valence electrons. The average molecular weight is 278 g/mol. The van der Waals surface area contributed by atoms with Crippen LogP contribution in [0, 0.1) is 0 Å². The third-order valence-corrected chi connectivity index (χ3v) is 3.41. The molecule has 1 aromatic rings. The SMILES string of the molecule is CCC(C)NC(=O)c1cnc(NCC2CCCO2)cn1. The first-order valence-corrected chi connectivity index (χ1v) is 7.17. The van der Waals surface area contributed by atoms with Gasteiger partial charge in [-0.25, -0.2) is 9.97 Å². The van der Waals surface area contributed by atoms with E-state index in [1.54, 1.807) is 6.20 Å². The van der Waals surface area contributed by atoms with Crippen LogP contribution in [0.1, 0.15) is 43.6 Å². The Labute approximate surface area is 119 Å². The Balaban J connectivity index is 1.84. The minimum absolute atomic E-state index is 0.140. The molecule has 0 radical (unpaired) electrons. The molecule has 6 heteroatoms. The van der Waals surface area contributed by atoms with E-state index in [4.69, 9.17) is 4.74 Å². The summed E-state index contributed by atoms with van der Waals surface area (Å²) in [6, 6.07) is 0.140. The van der Waals surface area contributed by atoms with Crippen LogP contribution in [-0.4, -0.2) is 41.2 Å². The highest BCUT2D eigenvalue weighted by molar-refractivity contribution is 5.92. The molecule has 1 fully saturated rings. The van der Waals surface area contributed by atoms with Crippen LogP contribution in [0.5, 0.6) is 0 Å².